The molecule has 1 heterocycles. The zero-order valence-electron chi connectivity index (χ0n) is 12.6. The van der Waals surface area contributed by atoms with Gasteiger partial charge in [0.15, 0.2) is 6.04 Å². The van der Waals surface area contributed by atoms with Crippen molar-refractivity contribution in [2.45, 2.75) is 57.5 Å². The fourth-order valence-electron chi connectivity index (χ4n) is 3.21. The van der Waals surface area contributed by atoms with E-state index in [0.717, 1.165) is 19.3 Å². The second-order valence-corrected chi connectivity index (χ2v) is 6.06. The molecule has 1 saturated heterocycles. The summed E-state index contributed by atoms with van der Waals surface area (Å²) in [6.07, 6.45) is 5.50. The van der Waals surface area contributed by atoms with E-state index in [2.05, 4.69) is 0 Å². The van der Waals surface area contributed by atoms with Gasteiger partial charge in [-0.25, -0.2) is 9.59 Å². The van der Waals surface area contributed by atoms with E-state index in [-0.39, 0.29) is 12.5 Å². The first kappa shape index (κ1) is 16.1. The highest BCUT2D eigenvalue weighted by Gasteiger charge is 2.44. The number of hydrogen-bond donors (Lipinski definition) is 2. The van der Waals surface area contributed by atoms with E-state index in [1.165, 1.54) is 6.42 Å². The van der Waals surface area contributed by atoms with E-state index < -0.39 is 23.8 Å². The summed E-state index contributed by atoms with van der Waals surface area (Å²) in [5.41, 5.74) is 6.01. The maximum atomic E-state index is 12.4. The SMILES string of the molecule is CCOC(=O)C(=O)[C@@H]1CCC[NH+]1C(=O)[C@H](N)CC1CCC1. The maximum Gasteiger partial charge on any atom is 0.381 e. The number of esters is 1. The smallest absolute Gasteiger partial charge is 0.381 e. The van der Waals surface area contributed by atoms with Crippen molar-refractivity contribution in [1.82, 2.24) is 0 Å². The van der Waals surface area contributed by atoms with E-state index >= 15 is 0 Å². The van der Waals surface area contributed by atoms with Gasteiger partial charge < -0.3 is 10.5 Å². The largest absolute Gasteiger partial charge is 0.460 e. The first-order valence-corrected chi connectivity index (χ1v) is 7.91. The molecule has 0 aromatic rings. The lowest BCUT2D eigenvalue weighted by Gasteiger charge is -2.28. The lowest BCUT2D eigenvalue weighted by Crippen LogP contribution is -3.18. The van der Waals surface area contributed by atoms with Crippen LogP contribution >= 0.6 is 0 Å². The van der Waals surface area contributed by atoms with Crippen LogP contribution < -0.4 is 10.6 Å². The van der Waals surface area contributed by atoms with Gasteiger partial charge in [-0.1, -0.05) is 19.3 Å². The second-order valence-electron chi connectivity index (χ2n) is 6.06. The van der Waals surface area contributed by atoms with Crippen LogP contribution in [0.3, 0.4) is 0 Å². The van der Waals surface area contributed by atoms with Crippen LogP contribution in [0.4, 0.5) is 0 Å². The number of ketones is 1. The van der Waals surface area contributed by atoms with Crippen molar-refractivity contribution in [3.05, 3.63) is 0 Å². The molecule has 0 aromatic heterocycles. The van der Waals surface area contributed by atoms with Crippen molar-refractivity contribution in [1.29, 1.82) is 0 Å². The highest BCUT2D eigenvalue weighted by molar-refractivity contribution is 6.35. The monoisotopic (exact) mass is 297 g/mol. The minimum Gasteiger partial charge on any atom is -0.460 e. The van der Waals surface area contributed by atoms with Gasteiger partial charge in [0.25, 0.3) is 5.78 Å². The van der Waals surface area contributed by atoms with Crippen molar-refractivity contribution in [3.63, 3.8) is 0 Å². The Balaban J connectivity index is 1.94. The summed E-state index contributed by atoms with van der Waals surface area (Å²) in [7, 11) is 0. The zero-order valence-corrected chi connectivity index (χ0v) is 12.6. The average Bonchev–Trinajstić information content (AvgIpc) is 2.90. The van der Waals surface area contributed by atoms with Crippen LogP contribution in [0.1, 0.15) is 45.4 Å². The predicted molar refractivity (Wildman–Crippen MR) is 75.4 cm³/mol. The molecule has 1 saturated carbocycles. The number of ether oxygens (including phenoxy) is 1. The molecule has 0 aromatic carbocycles. The molecule has 0 bridgehead atoms. The third-order valence-electron chi connectivity index (χ3n) is 4.62. The van der Waals surface area contributed by atoms with Gasteiger partial charge in [0, 0.05) is 12.8 Å². The number of hydrogen-bond acceptors (Lipinski definition) is 5. The second kappa shape index (κ2) is 7.13. The number of nitrogens with one attached hydrogen (secondary N) is 1. The number of Topliss-reactive ketones (excluding diaryl/α,β-unsaturated/α-hetero) is 1. The van der Waals surface area contributed by atoms with Gasteiger partial charge >= 0.3 is 11.9 Å². The van der Waals surface area contributed by atoms with Crippen LogP contribution in [0.25, 0.3) is 0 Å². The van der Waals surface area contributed by atoms with Crippen molar-refractivity contribution >= 4 is 17.7 Å². The summed E-state index contributed by atoms with van der Waals surface area (Å²) < 4.78 is 4.75. The molecule has 6 heteroatoms. The Morgan fingerprint density at radius 1 is 1.24 bits per heavy atom. The molecule has 2 rings (SSSR count). The average molecular weight is 297 g/mol. The summed E-state index contributed by atoms with van der Waals surface area (Å²) in [4.78, 5) is 36.6. The molecule has 2 fully saturated rings. The Morgan fingerprint density at radius 2 is 1.95 bits per heavy atom. The van der Waals surface area contributed by atoms with E-state index in [9.17, 15) is 14.4 Å². The van der Waals surface area contributed by atoms with Gasteiger partial charge in [-0.2, -0.15) is 0 Å². The van der Waals surface area contributed by atoms with Gasteiger partial charge in [-0.15, -0.1) is 0 Å². The topological polar surface area (TPSA) is 90.9 Å². The number of amides is 1. The van der Waals surface area contributed by atoms with E-state index in [0.29, 0.717) is 30.2 Å². The number of likely N-dealkylation sites (tertiary alicyclic amines) is 1. The zero-order chi connectivity index (χ0) is 15.4. The van der Waals surface area contributed by atoms with Gasteiger partial charge in [0.1, 0.15) is 6.04 Å². The third-order valence-corrected chi connectivity index (χ3v) is 4.62. The fraction of sp³-hybridized carbons (Fsp3) is 0.800. The number of carbonyl (C=O) groups excluding carboxylic acids is 3. The minimum atomic E-state index is -0.831. The van der Waals surface area contributed by atoms with E-state index in [1.807, 2.05) is 0 Å². The molecule has 0 spiro atoms. The number of carbonyl (C=O) groups is 3. The molecular weight excluding hydrogens is 272 g/mol. The van der Waals surface area contributed by atoms with Crippen LogP contribution in [0.15, 0.2) is 0 Å². The number of quaternary nitrogens is 1. The molecular formula is C15H25N2O4+. The standard InChI is InChI=1S/C15H24N2O4/c1-2-21-15(20)13(18)12-7-4-8-17(12)14(19)11(16)9-10-5-3-6-10/h10-12H,2-9,16H2,1H3/p+1/t11-,12+/m1/s1. The van der Waals surface area contributed by atoms with Crippen LogP contribution in [0.5, 0.6) is 0 Å². The Bertz CT molecular complexity index is 420. The van der Waals surface area contributed by atoms with Crippen LogP contribution in [0.2, 0.25) is 0 Å². The quantitative estimate of drug-likeness (QED) is 0.495. The maximum absolute atomic E-state index is 12.4. The number of rotatable bonds is 6. The van der Waals surface area contributed by atoms with Crippen molar-refractivity contribution in [2.24, 2.45) is 11.7 Å². The van der Waals surface area contributed by atoms with Gasteiger partial charge in [0.2, 0.25) is 0 Å². The van der Waals surface area contributed by atoms with E-state index in [1.54, 1.807) is 6.92 Å². The lowest BCUT2D eigenvalue weighted by atomic mass is 9.81. The molecule has 6 nitrogen and oxygen atoms in total. The van der Waals surface area contributed by atoms with Gasteiger partial charge in [-0.05, 0) is 19.3 Å². The van der Waals surface area contributed by atoms with Gasteiger partial charge in [0.05, 0.1) is 13.2 Å². The Hall–Kier alpha value is -1.27. The van der Waals surface area contributed by atoms with Crippen LogP contribution in [-0.4, -0.2) is 42.9 Å². The molecule has 3 N–H and O–H groups in total. The normalized spacial score (nSPS) is 27.0. The molecule has 1 amide bonds. The minimum absolute atomic E-state index is 0.123. The third kappa shape index (κ3) is 3.68. The highest BCUT2D eigenvalue weighted by Crippen LogP contribution is 2.29. The summed E-state index contributed by atoms with van der Waals surface area (Å²) in [6, 6.07) is -1.13. The Morgan fingerprint density at radius 3 is 2.52 bits per heavy atom. The summed E-state index contributed by atoms with van der Waals surface area (Å²) in [5, 5.41) is 0. The molecule has 1 aliphatic carbocycles. The summed E-state index contributed by atoms with van der Waals surface area (Å²) in [6.45, 7) is 2.40. The number of nitrogens with two attached hydrogens (primary N) is 1. The lowest BCUT2D eigenvalue weighted by molar-refractivity contribution is -0.823. The van der Waals surface area contributed by atoms with Crippen molar-refractivity contribution < 1.29 is 24.0 Å². The predicted octanol–water partition coefficient (Wildman–Crippen LogP) is -0.790. The molecule has 0 radical (unpaired) electrons. The first-order valence-electron chi connectivity index (χ1n) is 7.91. The molecule has 1 unspecified atom stereocenters. The molecule has 3 atom stereocenters. The summed E-state index contributed by atoms with van der Waals surface area (Å²) >= 11 is 0. The van der Waals surface area contributed by atoms with Crippen molar-refractivity contribution in [2.75, 3.05) is 13.2 Å². The Kier molecular flexibility index (Phi) is 5.47. The van der Waals surface area contributed by atoms with Crippen molar-refractivity contribution in [3.8, 4) is 0 Å². The molecule has 118 valence electrons. The highest BCUT2D eigenvalue weighted by atomic mass is 16.5. The summed E-state index contributed by atoms with van der Waals surface area (Å²) in [5.74, 6) is -0.997. The fourth-order valence-corrected chi connectivity index (χ4v) is 3.21. The van der Waals surface area contributed by atoms with Gasteiger partial charge in [-0.3, -0.25) is 9.69 Å². The molecule has 1 aliphatic heterocycles. The molecule has 21 heavy (non-hydrogen) atoms. The van der Waals surface area contributed by atoms with E-state index in [4.69, 9.17) is 10.5 Å². The van der Waals surface area contributed by atoms with Crippen LogP contribution in [0, 0.1) is 5.92 Å². The first-order chi connectivity index (χ1) is 10.0. The van der Waals surface area contributed by atoms with Crippen LogP contribution in [-0.2, 0) is 19.1 Å². The molecule has 2 aliphatic rings. The Labute approximate surface area is 125 Å².